The Hall–Kier alpha value is -7.56. The molecule has 0 aliphatic rings. The fourth-order valence-corrected chi connectivity index (χ4v) is 8.45. The van der Waals surface area contributed by atoms with Gasteiger partial charge in [0.15, 0.2) is 5.84 Å². The van der Waals surface area contributed by atoms with Gasteiger partial charge < -0.3 is 9.13 Å². The van der Waals surface area contributed by atoms with Crippen molar-refractivity contribution in [3.05, 3.63) is 223 Å². The summed E-state index contributed by atoms with van der Waals surface area (Å²) in [6.07, 6.45) is 0. The van der Waals surface area contributed by atoms with Crippen molar-refractivity contribution in [2.45, 2.75) is 13.8 Å². The Bertz CT molecular complexity index is 3240. The highest BCUT2D eigenvalue weighted by Gasteiger charge is 2.18. The molecule has 0 saturated carbocycles. The molecule has 10 rings (SSSR count). The summed E-state index contributed by atoms with van der Waals surface area (Å²) in [5, 5.41) is 4.89. The predicted molar refractivity (Wildman–Crippen MR) is 250 cm³/mol. The number of aliphatic imine (C=N–C) groups is 2. The van der Waals surface area contributed by atoms with Crippen LogP contribution in [0.5, 0.6) is 0 Å². The molecule has 0 amide bonds. The molecular formula is C55H42N4. The Balaban J connectivity index is 1.11. The summed E-state index contributed by atoms with van der Waals surface area (Å²) in [6, 6.07) is 70.9. The maximum Gasteiger partial charge on any atom is 0.160 e. The Morgan fingerprint density at radius 2 is 0.864 bits per heavy atom. The van der Waals surface area contributed by atoms with Crippen LogP contribution in [-0.4, -0.2) is 20.7 Å². The molecule has 8 aromatic carbocycles. The second kappa shape index (κ2) is 15.1. The van der Waals surface area contributed by atoms with Crippen LogP contribution < -0.4 is 0 Å². The van der Waals surface area contributed by atoms with Crippen LogP contribution in [-0.2, 0) is 0 Å². The largest absolute Gasteiger partial charge is 0.309 e. The van der Waals surface area contributed by atoms with Crippen molar-refractivity contribution in [3.63, 3.8) is 0 Å². The van der Waals surface area contributed by atoms with Gasteiger partial charge in [-0.2, -0.15) is 0 Å². The smallest absolute Gasteiger partial charge is 0.160 e. The highest BCUT2D eigenvalue weighted by molar-refractivity contribution is 6.15. The highest BCUT2D eigenvalue weighted by Crippen LogP contribution is 2.38. The number of hydrogen-bond donors (Lipinski definition) is 0. The summed E-state index contributed by atoms with van der Waals surface area (Å²) in [6.45, 7) is 8.75. The van der Waals surface area contributed by atoms with Crippen LogP contribution in [0.25, 0.3) is 71.8 Å². The Morgan fingerprint density at radius 3 is 1.44 bits per heavy atom. The van der Waals surface area contributed by atoms with Crippen LogP contribution in [0.4, 0.5) is 0 Å². The van der Waals surface area contributed by atoms with Gasteiger partial charge in [0, 0.05) is 38.5 Å². The molecule has 2 aromatic heterocycles. The van der Waals surface area contributed by atoms with Crippen molar-refractivity contribution in [3.8, 4) is 22.5 Å². The molecule has 0 atom stereocenters. The number of aromatic nitrogens is 2. The van der Waals surface area contributed by atoms with Gasteiger partial charge in [-0.25, -0.2) is 9.98 Å². The minimum Gasteiger partial charge on any atom is -0.309 e. The summed E-state index contributed by atoms with van der Waals surface area (Å²) in [5.74, 6) is 0.797. The number of nitrogens with zero attached hydrogens (tertiary/aromatic N) is 4. The van der Waals surface area contributed by atoms with Crippen LogP contribution >= 0.6 is 0 Å². The van der Waals surface area contributed by atoms with E-state index in [1.54, 1.807) is 0 Å². The Kier molecular flexibility index (Phi) is 9.15. The molecule has 10 aromatic rings. The molecule has 0 fully saturated rings. The van der Waals surface area contributed by atoms with E-state index in [0.29, 0.717) is 11.5 Å². The molecule has 4 heteroatoms. The zero-order valence-corrected chi connectivity index (χ0v) is 33.1. The fraction of sp³-hybridized carbons (Fsp3) is 0.0545. The zero-order chi connectivity index (χ0) is 39.9. The quantitative estimate of drug-likeness (QED) is 0.109. The minimum absolute atomic E-state index is 0.172. The molecule has 0 radical (unpaired) electrons. The molecule has 2 heterocycles. The lowest BCUT2D eigenvalue weighted by atomic mass is 9.99. The summed E-state index contributed by atoms with van der Waals surface area (Å²) in [4.78, 5) is 10.5. The lowest BCUT2D eigenvalue weighted by Gasteiger charge is -2.14. The first-order valence-electron chi connectivity index (χ1n) is 20.2. The second-order valence-corrected chi connectivity index (χ2v) is 15.3. The van der Waals surface area contributed by atoms with Crippen LogP contribution in [0.15, 0.2) is 217 Å². The zero-order valence-electron chi connectivity index (χ0n) is 33.1. The van der Waals surface area contributed by atoms with Gasteiger partial charge in [-0.3, -0.25) is 0 Å². The summed E-state index contributed by atoms with van der Waals surface area (Å²) in [5.41, 5.74) is 13.8. The van der Waals surface area contributed by atoms with E-state index in [9.17, 15) is 0 Å². The SMILES string of the molecule is C=C(N=C(N=C(c1ccccc1)C(C)C)c1cccc(-n2c3ccccc3c3cc(-c4ccc5c(c4)c4ccccc4n5-c4ccccc4)ccc32)c1)c1ccccc1. The Labute approximate surface area is 344 Å². The second-order valence-electron chi connectivity index (χ2n) is 15.3. The molecule has 282 valence electrons. The molecule has 0 aliphatic heterocycles. The van der Waals surface area contributed by atoms with Crippen molar-refractivity contribution in [1.29, 1.82) is 0 Å². The minimum atomic E-state index is 0.172. The van der Waals surface area contributed by atoms with Crippen molar-refractivity contribution in [2.75, 3.05) is 0 Å². The van der Waals surface area contributed by atoms with E-state index >= 15 is 0 Å². The average molecular weight is 759 g/mol. The normalized spacial score (nSPS) is 12.3. The standard InChI is InChI=1S/C55H42N4/c1-37(2)54(40-20-9-5-10-21-40)57-55(56-38(3)39-18-7-4-8-19-39)43-22-17-25-45(34-43)59-51-29-16-14-27-47(51)49-36-42(31-33-53(49)59)41-30-32-52-48(35-41)46-26-13-15-28-50(46)58(52)44-23-11-6-12-24-44/h4-37H,3H2,1-2H3. The van der Waals surface area contributed by atoms with Gasteiger partial charge in [-0.1, -0.05) is 160 Å². The summed E-state index contributed by atoms with van der Waals surface area (Å²) in [7, 11) is 0. The first-order chi connectivity index (χ1) is 29.0. The third-order valence-corrected chi connectivity index (χ3v) is 11.2. The average Bonchev–Trinajstić information content (AvgIpc) is 3.80. The molecule has 0 bridgehead atoms. The van der Waals surface area contributed by atoms with Crippen molar-refractivity contribution in [2.24, 2.45) is 15.9 Å². The number of para-hydroxylation sites is 3. The van der Waals surface area contributed by atoms with E-state index in [4.69, 9.17) is 9.98 Å². The van der Waals surface area contributed by atoms with Gasteiger partial charge in [-0.15, -0.1) is 0 Å². The van der Waals surface area contributed by atoms with Crippen LogP contribution in [0.2, 0.25) is 0 Å². The topological polar surface area (TPSA) is 34.6 Å². The maximum atomic E-state index is 5.33. The third-order valence-electron chi connectivity index (χ3n) is 11.2. The fourth-order valence-electron chi connectivity index (χ4n) is 8.45. The van der Waals surface area contributed by atoms with Gasteiger partial charge in [-0.05, 0) is 88.8 Å². The lowest BCUT2D eigenvalue weighted by molar-refractivity contribution is 0.886. The maximum absolute atomic E-state index is 5.33. The van der Waals surface area contributed by atoms with Crippen molar-refractivity contribution >= 4 is 60.9 Å². The van der Waals surface area contributed by atoms with Crippen LogP contribution in [0.3, 0.4) is 0 Å². The molecule has 4 nitrogen and oxygen atoms in total. The monoisotopic (exact) mass is 758 g/mol. The van der Waals surface area contributed by atoms with E-state index in [1.807, 2.05) is 36.4 Å². The summed E-state index contributed by atoms with van der Waals surface area (Å²) >= 11 is 0. The molecule has 0 unspecified atom stereocenters. The highest BCUT2D eigenvalue weighted by atomic mass is 15.0. The predicted octanol–water partition coefficient (Wildman–Crippen LogP) is 14.1. The molecule has 0 saturated heterocycles. The summed E-state index contributed by atoms with van der Waals surface area (Å²) < 4.78 is 4.73. The van der Waals surface area contributed by atoms with Gasteiger partial charge in [0.25, 0.3) is 0 Å². The molecule has 0 aliphatic carbocycles. The molecule has 0 spiro atoms. The van der Waals surface area contributed by atoms with Crippen LogP contribution in [0, 0.1) is 5.92 Å². The van der Waals surface area contributed by atoms with Gasteiger partial charge in [0.05, 0.1) is 33.5 Å². The van der Waals surface area contributed by atoms with E-state index < -0.39 is 0 Å². The van der Waals surface area contributed by atoms with E-state index in [2.05, 4.69) is 193 Å². The van der Waals surface area contributed by atoms with Crippen molar-refractivity contribution < 1.29 is 0 Å². The third kappa shape index (κ3) is 6.55. The number of fused-ring (bicyclic) bond motifs is 6. The van der Waals surface area contributed by atoms with E-state index in [1.165, 1.54) is 43.7 Å². The van der Waals surface area contributed by atoms with E-state index in [-0.39, 0.29) is 5.92 Å². The molecular weight excluding hydrogens is 717 g/mol. The lowest BCUT2D eigenvalue weighted by Crippen LogP contribution is -2.13. The van der Waals surface area contributed by atoms with Crippen molar-refractivity contribution in [1.82, 2.24) is 9.13 Å². The number of rotatable bonds is 8. The number of amidine groups is 1. The first kappa shape index (κ1) is 35.8. The van der Waals surface area contributed by atoms with Gasteiger partial charge in [0.1, 0.15) is 0 Å². The molecule has 0 N–H and O–H groups in total. The number of benzene rings is 8. The molecule has 59 heavy (non-hydrogen) atoms. The Morgan fingerprint density at radius 1 is 0.407 bits per heavy atom. The van der Waals surface area contributed by atoms with Crippen LogP contribution in [0.1, 0.15) is 30.5 Å². The first-order valence-corrected chi connectivity index (χ1v) is 20.2. The number of hydrogen-bond acceptors (Lipinski definition) is 1. The van der Waals surface area contributed by atoms with Gasteiger partial charge in [0.2, 0.25) is 0 Å². The van der Waals surface area contributed by atoms with E-state index in [0.717, 1.165) is 44.8 Å². The van der Waals surface area contributed by atoms with Gasteiger partial charge >= 0.3 is 0 Å².